The number of pyridine rings is 1. The minimum atomic E-state index is -4.62. The number of nitrogens with one attached hydrogen (secondary N) is 1. The lowest BCUT2D eigenvalue weighted by Gasteiger charge is -2.12. The van der Waals surface area contributed by atoms with E-state index in [4.69, 9.17) is 11.6 Å². The van der Waals surface area contributed by atoms with E-state index in [0.29, 0.717) is 10.6 Å². The molecule has 8 heteroatoms. The van der Waals surface area contributed by atoms with Crippen LogP contribution < -0.4 is 10.9 Å². The van der Waals surface area contributed by atoms with Gasteiger partial charge in [-0.3, -0.25) is 9.59 Å². The fourth-order valence-electron chi connectivity index (χ4n) is 1.20. The quantitative estimate of drug-likeness (QED) is 0.828. The van der Waals surface area contributed by atoms with Gasteiger partial charge in [0.2, 0.25) is 5.91 Å². The lowest BCUT2D eigenvalue weighted by molar-refractivity contribution is -0.143. The summed E-state index contributed by atoms with van der Waals surface area (Å²) >= 11 is 5.20. The molecule has 17 heavy (non-hydrogen) atoms. The first kappa shape index (κ1) is 13.6. The first-order valence-electron chi connectivity index (χ1n) is 4.40. The summed E-state index contributed by atoms with van der Waals surface area (Å²) in [7, 11) is 0.974. The number of aromatic nitrogens is 1. The lowest BCUT2D eigenvalue weighted by atomic mass is 10.3. The molecule has 94 valence electrons. The van der Waals surface area contributed by atoms with Gasteiger partial charge in [0, 0.05) is 7.05 Å². The second kappa shape index (κ2) is 4.79. The van der Waals surface area contributed by atoms with Crippen LogP contribution in [0.2, 0.25) is 0 Å². The number of alkyl halides is 4. The molecule has 0 unspecified atom stereocenters. The van der Waals surface area contributed by atoms with E-state index in [0.717, 1.165) is 13.1 Å². The average molecular weight is 269 g/mol. The molecule has 1 amide bonds. The number of anilines is 1. The van der Waals surface area contributed by atoms with Crippen LogP contribution >= 0.6 is 11.6 Å². The summed E-state index contributed by atoms with van der Waals surface area (Å²) in [5.41, 5.74) is -2.28. The molecule has 0 saturated heterocycles. The zero-order valence-electron chi connectivity index (χ0n) is 8.64. The van der Waals surface area contributed by atoms with E-state index in [1.54, 1.807) is 0 Å². The molecular formula is C9H8ClF3N2O2. The van der Waals surface area contributed by atoms with E-state index >= 15 is 0 Å². The zero-order valence-corrected chi connectivity index (χ0v) is 9.39. The van der Waals surface area contributed by atoms with Crippen molar-refractivity contribution in [2.45, 2.75) is 6.18 Å². The Hall–Kier alpha value is -1.50. The molecule has 0 bridgehead atoms. The van der Waals surface area contributed by atoms with Gasteiger partial charge >= 0.3 is 6.18 Å². The lowest BCUT2D eigenvalue weighted by Crippen LogP contribution is -2.29. The summed E-state index contributed by atoms with van der Waals surface area (Å²) in [4.78, 5) is 22.4. The maximum Gasteiger partial charge on any atom is 0.431 e. The summed E-state index contributed by atoms with van der Waals surface area (Å²) in [6.07, 6.45) is -4.62. The summed E-state index contributed by atoms with van der Waals surface area (Å²) in [5, 5.41) is 2.11. The number of hydrogen-bond donors (Lipinski definition) is 1. The molecule has 0 aliphatic heterocycles. The molecule has 0 aliphatic rings. The second-order valence-electron chi connectivity index (χ2n) is 3.18. The third-order valence-corrected chi connectivity index (χ3v) is 2.23. The van der Waals surface area contributed by atoms with Crippen molar-refractivity contribution >= 4 is 23.2 Å². The van der Waals surface area contributed by atoms with Crippen LogP contribution in [-0.4, -0.2) is 16.4 Å². The van der Waals surface area contributed by atoms with E-state index in [9.17, 15) is 22.8 Å². The van der Waals surface area contributed by atoms with Gasteiger partial charge in [0.1, 0.15) is 17.3 Å². The second-order valence-corrected chi connectivity index (χ2v) is 3.44. The first-order chi connectivity index (χ1) is 7.77. The molecule has 0 saturated carbocycles. The standard InChI is InChI=1S/C9H8ClF3N2O2/c1-15-6(9(11,12)13)3-2-5(8(15)17)14-7(16)4-10/h2-3H,4H2,1H3,(H,14,16). The van der Waals surface area contributed by atoms with Crippen LogP contribution in [0, 0.1) is 0 Å². The molecule has 1 rings (SSSR count). The fourth-order valence-corrected chi connectivity index (χ4v) is 1.27. The minimum absolute atomic E-state index is 0.244. The molecule has 0 radical (unpaired) electrons. The van der Waals surface area contributed by atoms with Crippen molar-refractivity contribution in [3.05, 3.63) is 28.2 Å². The van der Waals surface area contributed by atoms with Gasteiger partial charge in [-0.15, -0.1) is 11.6 Å². The first-order valence-corrected chi connectivity index (χ1v) is 4.94. The van der Waals surface area contributed by atoms with Crippen molar-refractivity contribution in [2.24, 2.45) is 7.05 Å². The summed E-state index contributed by atoms with van der Waals surface area (Å²) in [6.45, 7) is 0. The number of hydrogen-bond acceptors (Lipinski definition) is 2. The van der Waals surface area contributed by atoms with E-state index in [1.165, 1.54) is 0 Å². The van der Waals surface area contributed by atoms with Crippen molar-refractivity contribution in [3.8, 4) is 0 Å². The number of halogens is 4. The summed E-state index contributed by atoms with van der Waals surface area (Å²) in [5.74, 6) is -1.05. The van der Waals surface area contributed by atoms with E-state index < -0.39 is 23.3 Å². The van der Waals surface area contributed by atoms with Crippen molar-refractivity contribution in [1.82, 2.24) is 4.57 Å². The Labute approximate surface area is 99.0 Å². The Kier molecular flexibility index (Phi) is 3.82. The third-order valence-electron chi connectivity index (χ3n) is 1.99. The number of carbonyl (C=O) groups excluding carboxylic acids is 1. The predicted molar refractivity (Wildman–Crippen MR) is 56.0 cm³/mol. The maximum atomic E-state index is 12.4. The largest absolute Gasteiger partial charge is 0.431 e. The van der Waals surface area contributed by atoms with Crippen LogP contribution in [-0.2, 0) is 18.0 Å². The highest BCUT2D eigenvalue weighted by Gasteiger charge is 2.33. The molecule has 0 fully saturated rings. The number of carbonyl (C=O) groups is 1. The topological polar surface area (TPSA) is 51.1 Å². The van der Waals surface area contributed by atoms with Gasteiger partial charge in [-0.2, -0.15) is 13.2 Å². The third kappa shape index (κ3) is 3.00. The Bertz CT molecular complexity index is 496. The highest BCUT2D eigenvalue weighted by Crippen LogP contribution is 2.28. The van der Waals surface area contributed by atoms with E-state index in [-0.39, 0.29) is 11.6 Å². The van der Waals surface area contributed by atoms with Crippen molar-refractivity contribution in [3.63, 3.8) is 0 Å². The molecule has 0 atom stereocenters. The SMILES string of the molecule is Cn1c(C(F)(F)F)ccc(NC(=O)CCl)c1=O. The van der Waals surface area contributed by atoms with E-state index in [2.05, 4.69) is 5.32 Å². The van der Waals surface area contributed by atoms with E-state index in [1.807, 2.05) is 0 Å². The Balaban J connectivity index is 3.21. The van der Waals surface area contributed by atoms with Crippen LogP contribution in [0.15, 0.2) is 16.9 Å². The van der Waals surface area contributed by atoms with Gasteiger partial charge in [0.25, 0.3) is 5.56 Å². The minimum Gasteiger partial charge on any atom is -0.320 e. The van der Waals surface area contributed by atoms with Gasteiger partial charge in [-0.25, -0.2) is 0 Å². The monoisotopic (exact) mass is 268 g/mol. The van der Waals surface area contributed by atoms with Gasteiger partial charge in [0.15, 0.2) is 0 Å². The summed E-state index contributed by atoms with van der Waals surface area (Å²) in [6, 6.07) is 1.61. The van der Waals surface area contributed by atoms with Crippen LogP contribution in [0.1, 0.15) is 5.69 Å². The van der Waals surface area contributed by atoms with Gasteiger partial charge in [-0.1, -0.05) is 0 Å². The molecule has 4 nitrogen and oxygen atoms in total. The molecule has 1 aromatic heterocycles. The van der Waals surface area contributed by atoms with Crippen molar-refractivity contribution in [1.29, 1.82) is 0 Å². The molecular weight excluding hydrogens is 261 g/mol. The highest BCUT2D eigenvalue weighted by atomic mass is 35.5. The average Bonchev–Trinajstić information content (AvgIpc) is 2.22. The van der Waals surface area contributed by atoms with Gasteiger partial charge < -0.3 is 9.88 Å². The molecule has 1 heterocycles. The molecule has 0 spiro atoms. The molecule has 1 N–H and O–H groups in total. The smallest absolute Gasteiger partial charge is 0.320 e. The maximum absolute atomic E-state index is 12.4. The van der Waals surface area contributed by atoms with Crippen LogP contribution in [0.5, 0.6) is 0 Å². The number of amides is 1. The van der Waals surface area contributed by atoms with Crippen LogP contribution in [0.4, 0.5) is 18.9 Å². The summed E-state index contributed by atoms with van der Waals surface area (Å²) < 4.78 is 37.7. The van der Waals surface area contributed by atoms with Crippen molar-refractivity contribution in [2.75, 3.05) is 11.2 Å². The molecule has 0 aliphatic carbocycles. The van der Waals surface area contributed by atoms with Crippen LogP contribution in [0.25, 0.3) is 0 Å². The molecule has 0 aromatic carbocycles. The Morgan fingerprint density at radius 1 is 1.47 bits per heavy atom. The molecule has 1 aromatic rings. The number of nitrogens with zero attached hydrogens (tertiary/aromatic N) is 1. The van der Waals surface area contributed by atoms with Gasteiger partial charge in [-0.05, 0) is 12.1 Å². The Morgan fingerprint density at radius 2 is 2.06 bits per heavy atom. The Morgan fingerprint density at radius 3 is 2.53 bits per heavy atom. The zero-order chi connectivity index (χ0) is 13.2. The fraction of sp³-hybridized carbons (Fsp3) is 0.333. The number of rotatable bonds is 2. The highest BCUT2D eigenvalue weighted by molar-refractivity contribution is 6.29. The predicted octanol–water partition coefficient (Wildman–Crippen LogP) is 1.58. The van der Waals surface area contributed by atoms with Gasteiger partial charge in [0.05, 0.1) is 0 Å². The normalized spacial score (nSPS) is 11.4. The van der Waals surface area contributed by atoms with Crippen LogP contribution in [0.3, 0.4) is 0 Å². The van der Waals surface area contributed by atoms with Crippen molar-refractivity contribution < 1.29 is 18.0 Å².